The van der Waals surface area contributed by atoms with Crippen LogP contribution in [0.25, 0.3) is 0 Å². The van der Waals surface area contributed by atoms with Gasteiger partial charge in [-0.1, -0.05) is 0 Å². The number of hydrogen-bond acceptors (Lipinski definition) is 1. The van der Waals surface area contributed by atoms with E-state index < -0.39 is 13.3 Å². The van der Waals surface area contributed by atoms with E-state index in [0.29, 0.717) is 0 Å². The zero-order chi connectivity index (χ0) is 20.8. The molecule has 0 aromatic heterocycles. The van der Waals surface area contributed by atoms with Gasteiger partial charge in [0.15, 0.2) is 0 Å². The summed E-state index contributed by atoms with van der Waals surface area (Å²) in [4.78, 5) is 2.55. The second-order valence-electron chi connectivity index (χ2n) is 9.02. The van der Waals surface area contributed by atoms with Gasteiger partial charge in [-0.2, -0.15) is 0 Å². The average molecular weight is 450 g/mol. The first-order chi connectivity index (χ1) is 14.5. The third kappa shape index (κ3) is 2.76. The summed E-state index contributed by atoms with van der Waals surface area (Å²) in [5, 5.41) is 0. The van der Waals surface area contributed by atoms with E-state index in [2.05, 4.69) is 135 Å². The van der Waals surface area contributed by atoms with E-state index in [9.17, 15) is 0 Å². The standard InChI is InChI=1S/C28H27GeN/c1-28(2,3)30-26-20-12-10-18-24(26)29(22-14-6-4-7-15-22,23-16-8-5-9-17-23)25-19-11-13-21-27(25)30/h4-21H,1-3H3. The molecule has 0 saturated carbocycles. The van der Waals surface area contributed by atoms with Gasteiger partial charge in [0, 0.05) is 0 Å². The van der Waals surface area contributed by atoms with Crippen LogP contribution in [-0.4, -0.2) is 18.8 Å². The van der Waals surface area contributed by atoms with Crippen molar-refractivity contribution in [1.82, 2.24) is 0 Å². The molecule has 1 aliphatic heterocycles. The Labute approximate surface area is 182 Å². The molecule has 0 unspecified atom stereocenters. The van der Waals surface area contributed by atoms with E-state index in [0.717, 1.165) is 0 Å². The molecular weight excluding hydrogens is 423 g/mol. The maximum atomic E-state index is 2.55. The van der Waals surface area contributed by atoms with Gasteiger partial charge in [0.05, 0.1) is 0 Å². The van der Waals surface area contributed by atoms with Gasteiger partial charge in [-0.15, -0.1) is 0 Å². The summed E-state index contributed by atoms with van der Waals surface area (Å²) in [5.41, 5.74) is 2.70. The fourth-order valence-electron chi connectivity index (χ4n) is 5.13. The van der Waals surface area contributed by atoms with Crippen LogP contribution in [0.1, 0.15) is 20.8 Å². The molecule has 0 bridgehead atoms. The molecule has 30 heavy (non-hydrogen) atoms. The number of hydrogen-bond donors (Lipinski definition) is 0. The van der Waals surface area contributed by atoms with Gasteiger partial charge in [0.1, 0.15) is 0 Å². The second-order valence-corrected chi connectivity index (χ2v) is 16.9. The van der Waals surface area contributed by atoms with E-state index in [-0.39, 0.29) is 5.54 Å². The van der Waals surface area contributed by atoms with Crippen LogP contribution >= 0.6 is 0 Å². The molecule has 0 spiro atoms. The van der Waals surface area contributed by atoms with Crippen molar-refractivity contribution < 1.29 is 0 Å². The van der Waals surface area contributed by atoms with Gasteiger partial charge in [0.2, 0.25) is 0 Å². The Bertz CT molecular complexity index is 1090. The molecule has 4 aromatic rings. The summed E-state index contributed by atoms with van der Waals surface area (Å²) in [6.07, 6.45) is 0. The quantitative estimate of drug-likeness (QED) is 0.412. The first-order valence-electron chi connectivity index (χ1n) is 10.6. The molecule has 0 N–H and O–H groups in total. The molecule has 4 aromatic carbocycles. The van der Waals surface area contributed by atoms with Crippen molar-refractivity contribution >= 4 is 42.2 Å². The molecule has 1 nitrogen and oxygen atoms in total. The first-order valence-corrected chi connectivity index (χ1v) is 14.8. The van der Waals surface area contributed by atoms with Crippen LogP contribution in [0, 0.1) is 0 Å². The molecule has 2 heteroatoms. The number of rotatable bonds is 2. The zero-order valence-corrected chi connectivity index (χ0v) is 19.9. The van der Waals surface area contributed by atoms with E-state index in [1.165, 1.54) is 29.0 Å². The van der Waals surface area contributed by atoms with Gasteiger partial charge >= 0.3 is 183 Å². The average Bonchev–Trinajstić information content (AvgIpc) is 2.77. The van der Waals surface area contributed by atoms with Crippen molar-refractivity contribution in [2.75, 3.05) is 4.90 Å². The molecule has 0 amide bonds. The van der Waals surface area contributed by atoms with Gasteiger partial charge in [0.25, 0.3) is 0 Å². The third-order valence-electron chi connectivity index (χ3n) is 6.18. The normalized spacial score (nSPS) is 14.7. The Hall–Kier alpha value is -2.78. The predicted octanol–water partition coefficient (Wildman–Crippen LogP) is 4.31. The van der Waals surface area contributed by atoms with E-state index in [4.69, 9.17) is 0 Å². The van der Waals surface area contributed by atoms with E-state index in [1.807, 2.05) is 0 Å². The number of para-hydroxylation sites is 2. The van der Waals surface area contributed by atoms with Crippen molar-refractivity contribution in [3.05, 3.63) is 109 Å². The van der Waals surface area contributed by atoms with Gasteiger partial charge in [-0.05, 0) is 0 Å². The molecule has 0 atom stereocenters. The van der Waals surface area contributed by atoms with E-state index in [1.54, 1.807) is 0 Å². The summed E-state index contributed by atoms with van der Waals surface area (Å²) >= 11 is -3.16. The van der Waals surface area contributed by atoms with Crippen LogP contribution in [0.2, 0.25) is 0 Å². The van der Waals surface area contributed by atoms with Crippen LogP contribution in [0.15, 0.2) is 109 Å². The topological polar surface area (TPSA) is 3.24 Å². The van der Waals surface area contributed by atoms with Crippen molar-refractivity contribution in [2.45, 2.75) is 26.3 Å². The predicted molar refractivity (Wildman–Crippen MR) is 132 cm³/mol. The van der Waals surface area contributed by atoms with Crippen LogP contribution in [0.4, 0.5) is 11.4 Å². The molecule has 0 saturated heterocycles. The summed E-state index contributed by atoms with van der Waals surface area (Å²) in [5.74, 6) is 0. The molecule has 5 rings (SSSR count). The van der Waals surface area contributed by atoms with Crippen LogP contribution in [-0.2, 0) is 0 Å². The fraction of sp³-hybridized carbons (Fsp3) is 0.143. The Balaban J connectivity index is 1.99. The van der Waals surface area contributed by atoms with Crippen LogP contribution in [0.5, 0.6) is 0 Å². The van der Waals surface area contributed by atoms with Crippen molar-refractivity contribution in [1.29, 1.82) is 0 Å². The van der Waals surface area contributed by atoms with Crippen LogP contribution in [0.3, 0.4) is 0 Å². The molecule has 1 aliphatic rings. The molecular formula is C28H27GeN. The molecule has 148 valence electrons. The Kier molecular flexibility index (Phi) is 4.59. The Morgan fingerprint density at radius 3 is 1.27 bits per heavy atom. The minimum absolute atomic E-state index is 0.0199. The monoisotopic (exact) mass is 451 g/mol. The van der Waals surface area contributed by atoms with E-state index >= 15 is 0 Å². The molecule has 0 aliphatic carbocycles. The summed E-state index contributed by atoms with van der Waals surface area (Å²) in [6, 6.07) is 40.7. The molecule has 1 heterocycles. The Morgan fingerprint density at radius 1 is 0.500 bits per heavy atom. The molecule has 0 radical (unpaired) electrons. The van der Waals surface area contributed by atoms with Gasteiger partial charge < -0.3 is 0 Å². The fourth-order valence-corrected chi connectivity index (χ4v) is 15.8. The molecule has 0 fully saturated rings. The van der Waals surface area contributed by atoms with Gasteiger partial charge in [-0.3, -0.25) is 0 Å². The summed E-state index contributed by atoms with van der Waals surface area (Å²) < 4.78 is 6.00. The van der Waals surface area contributed by atoms with Crippen molar-refractivity contribution in [3.63, 3.8) is 0 Å². The zero-order valence-electron chi connectivity index (χ0n) is 17.8. The number of nitrogens with zero attached hydrogens (tertiary/aromatic N) is 1. The second kappa shape index (κ2) is 7.17. The van der Waals surface area contributed by atoms with Crippen molar-refractivity contribution in [2.24, 2.45) is 0 Å². The maximum absolute atomic E-state index is 3.16. The number of benzene rings is 4. The summed E-state index contributed by atoms with van der Waals surface area (Å²) in [6.45, 7) is 6.93. The minimum atomic E-state index is -3.16. The SMILES string of the molecule is CC(C)(C)N1c2cccc[c]2[Ge]([c]2ccccc2)([c]2ccccc2)[c]2ccccc21. The summed E-state index contributed by atoms with van der Waals surface area (Å²) in [7, 11) is 0. The number of anilines is 2. The van der Waals surface area contributed by atoms with Crippen LogP contribution < -0.4 is 22.5 Å². The number of fused-ring (bicyclic) bond motifs is 2. The van der Waals surface area contributed by atoms with Gasteiger partial charge in [-0.25, -0.2) is 0 Å². The Morgan fingerprint density at radius 2 is 0.867 bits per heavy atom. The third-order valence-corrected chi connectivity index (χ3v) is 16.4. The van der Waals surface area contributed by atoms with Crippen molar-refractivity contribution in [3.8, 4) is 0 Å². The first kappa shape index (κ1) is 19.2.